The van der Waals surface area contributed by atoms with Gasteiger partial charge in [-0.3, -0.25) is 9.48 Å². The maximum Gasteiger partial charge on any atom is 0.274 e. The quantitative estimate of drug-likeness (QED) is 0.728. The van der Waals surface area contributed by atoms with Crippen molar-refractivity contribution in [3.8, 4) is 0 Å². The van der Waals surface area contributed by atoms with E-state index in [-0.39, 0.29) is 5.91 Å². The summed E-state index contributed by atoms with van der Waals surface area (Å²) in [4.78, 5) is 17.4. The van der Waals surface area contributed by atoms with E-state index in [1.165, 1.54) is 5.69 Å². The second-order valence-corrected chi connectivity index (χ2v) is 7.88. The molecule has 6 heteroatoms. The van der Waals surface area contributed by atoms with Crippen molar-refractivity contribution in [3.05, 3.63) is 29.6 Å². The minimum atomic E-state index is 0.0551. The van der Waals surface area contributed by atoms with Gasteiger partial charge in [0, 0.05) is 36.9 Å². The third-order valence-corrected chi connectivity index (χ3v) is 5.40. The molecule has 0 aromatic carbocycles. The number of amides is 1. The molecule has 26 heavy (non-hydrogen) atoms. The monoisotopic (exact) mass is 360 g/mol. The second kappa shape index (κ2) is 8.35. The number of nitrogens with zero attached hydrogens (tertiary/aromatic N) is 4. The van der Waals surface area contributed by atoms with E-state index < -0.39 is 0 Å². The largest absolute Gasteiger partial charge is 0.378 e. The Labute approximate surface area is 156 Å². The lowest BCUT2D eigenvalue weighted by molar-refractivity contribution is 0.0297. The fourth-order valence-corrected chi connectivity index (χ4v) is 4.13. The molecule has 1 amide bonds. The van der Waals surface area contributed by atoms with Crippen molar-refractivity contribution in [2.24, 2.45) is 5.92 Å². The Morgan fingerprint density at radius 3 is 2.81 bits per heavy atom. The highest BCUT2D eigenvalue weighted by atomic mass is 16.5. The molecule has 1 atom stereocenters. The van der Waals surface area contributed by atoms with Crippen molar-refractivity contribution >= 4 is 5.91 Å². The van der Waals surface area contributed by atoms with Gasteiger partial charge in [-0.25, -0.2) is 0 Å². The molecule has 2 aliphatic rings. The van der Waals surface area contributed by atoms with Crippen molar-refractivity contribution in [2.45, 2.75) is 45.7 Å². The van der Waals surface area contributed by atoms with E-state index in [2.05, 4.69) is 32.4 Å². The lowest BCUT2D eigenvalue weighted by atomic mass is 9.90. The van der Waals surface area contributed by atoms with Crippen LogP contribution >= 0.6 is 0 Å². The molecule has 1 saturated heterocycles. The van der Waals surface area contributed by atoms with Gasteiger partial charge in [0.2, 0.25) is 0 Å². The molecule has 2 heterocycles. The first-order chi connectivity index (χ1) is 12.5. The van der Waals surface area contributed by atoms with Gasteiger partial charge in [0.15, 0.2) is 5.69 Å². The van der Waals surface area contributed by atoms with Crippen LogP contribution in [0.1, 0.15) is 42.0 Å². The Morgan fingerprint density at radius 1 is 1.42 bits per heavy atom. The first kappa shape index (κ1) is 19.1. The average molecular weight is 361 g/mol. The van der Waals surface area contributed by atoms with E-state index in [0.29, 0.717) is 50.5 Å². The minimum Gasteiger partial charge on any atom is -0.378 e. The maximum absolute atomic E-state index is 13.1. The highest BCUT2D eigenvalue weighted by Gasteiger charge is 2.32. The number of morpholine rings is 1. The van der Waals surface area contributed by atoms with Crippen LogP contribution in [0.15, 0.2) is 12.7 Å². The van der Waals surface area contributed by atoms with Crippen molar-refractivity contribution in [1.29, 1.82) is 0 Å². The zero-order valence-electron chi connectivity index (χ0n) is 16.4. The second-order valence-electron chi connectivity index (χ2n) is 7.88. The van der Waals surface area contributed by atoms with Crippen LogP contribution in [0.3, 0.4) is 0 Å². The Kier molecular flexibility index (Phi) is 6.14. The summed E-state index contributed by atoms with van der Waals surface area (Å²) < 4.78 is 7.37. The number of carbonyl (C=O) groups excluding carboxylic acids is 1. The van der Waals surface area contributed by atoms with Crippen molar-refractivity contribution < 1.29 is 9.53 Å². The van der Waals surface area contributed by atoms with Crippen LogP contribution in [0.5, 0.6) is 0 Å². The van der Waals surface area contributed by atoms with E-state index in [1.807, 2.05) is 15.7 Å². The van der Waals surface area contributed by atoms with E-state index >= 15 is 0 Å². The molecule has 0 radical (unpaired) electrons. The van der Waals surface area contributed by atoms with E-state index in [9.17, 15) is 4.79 Å². The van der Waals surface area contributed by atoms with Gasteiger partial charge >= 0.3 is 0 Å². The maximum atomic E-state index is 13.1. The summed E-state index contributed by atoms with van der Waals surface area (Å²) in [5, 5.41) is 4.71. The van der Waals surface area contributed by atoms with Crippen LogP contribution in [-0.2, 0) is 24.1 Å². The van der Waals surface area contributed by atoms with Crippen molar-refractivity contribution in [3.63, 3.8) is 0 Å². The van der Waals surface area contributed by atoms with E-state index in [1.54, 1.807) is 0 Å². The number of ether oxygens (including phenoxy) is 1. The summed E-state index contributed by atoms with van der Waals surface area (Å²) in [5.41, 5.74) is 3.01. The fourth-order valence-electron chi connectivity index (χ4n) is 4.13. The highest BCUT2D eigenvalue weighted by molar-refractivity contribution is 5.94. The molecular formula is C20H32N4O2. The molecule has 0 spiro atoms. The zero-order chi connectivity index (χ0) is 18.7. The van der Waals surface area contributed by atoms with Gasteiger partial charge in [0.05, 0.1) is 19.8 Å². The molecule has 0 bridgehead atoms. The Morgan fingerprint density at radius 2 is 2.15 bits per heavy atom. The van der Waals surface area contributed by atoms with Gasteiger partial charge in [0.1, 0.15) is 0 Å². The summed E-state index contributed by atoms with van der Waals surface area (Å²) in [7, 11) is 2.20. The molecule has 0 N–H and O–H groups in total. The lowest BCUT2D eigenvalue weighted by Gasteiger charge is -2.33. The normalized spacial score (nSPS) is 20.5. The molecule has 144 valence electrons. The van der Waals surface area contributed by atoms with Crippen LogP contribution in [-0.4, -0.2) is 71.4 Å². The third-order valence-electron chi connectivity index (χ3n) is 5.40. The Balaban J connectivity index is 1.86. The molecule has 3 rings (SSSR count). The van der Waals surface area contributed by atoms with E-state index in [0.717, 1.165) is 31.4 Å². The highest BCUT2D eigenvalue weighted by Crippen LogP contribution is 2.28. The standard InChI is InChI=1S/C20H32N4O2/c1-5-8-24-18-7-6-16(22(4)14-15(2)3)13-17(18)19(21-24)20(25)23-9-11-26-12-10-23/h5,15-16H,1,6-14H2,2-4H3. The number of hydrogen-bond donors (Lipinski definition) is 0. The van der Waals surface area contributed by atoms with Crippen LogP contribution in [0.4, 0.5) is 0 Å². The zero-order valence-corrected chi connectivity index (χ0v) is 16.4. The van der Waals surface area contributed by atoms with Gasteiger partial charge in [-0.1, -0.05) is 19.9 Å². The number of aromatic nitrogens is 2. The topological polar surface area (TPSA) is 50.6 Å². The predicted octanol–water partition coefficient (Wildman–Crippen LogP) is 1.99. The van der Waals surface area contributed by atoms with Crippen LogP contribution in [0.25, 0.3) is 0 Å². The molecule has 1 aliphatic heterocycles. The van der Waals surface area contributed by atoms with E-state index in [4.69, 9.17) is 9.84 Å². The number of rotatable bonds is 6. The lowest BCUT2D eigenvalue weighted by Crippen LogP contribution is -2.42. The molecule has 0 saturated carbocycles. The molecule has 1 aromatic heterocycles. The summed E-state index contributed by atoms with van der Waals surface area (Å²) in [6, 6.07) is 0.475. The molecule has 6 nitrogen and oxygen atoms in total. The van der Waals surface area contributed by atoms with Crippen LogP contribution in [0.2, 0.25) is 0 Å². The summed E-state index contributed by atoms with van der Waals surface area (Å²) >= 11 is 0. The smallest absolute Gasteiger partial charge is 0.274 e. The minimum absolute atomic E-state index is 0.0551. The number of fused-ring (bicyclic) bond motifs is 1. The first-order valence-corrected chi connectivity index (χ1v) is 9.78. The molecule has 1 unspecified atom stereocenters. The molecule has 1 aromatic rings. The SMILES string of the molecule is C=CCn1nc(C(=O)N2CCOCC2)c2c1CCC(N(C)CC(C)C)C2. The number of hydrogen-bond acceptors (Lipinski definition) is 4. The predicted molar refractivity (Wildman–Crippen MR) is 102 cm³/mol. The number of carbonyl (C=O) groups is 1. The molecule has 1 aliphatic carbocycles. The Hall–Kier alpha value is -1.66. The van der Waals surface area contributed by atoms with Gasteiger partial charge in [-0.05, 0) is 32.2 Å². The first-order valence-electron chi connectivity index (χ1n) is 9.78. The van der Waals surface area contributed by atoms with Crippen molar-refractivity contribution in [1.82, 2.24) is 19.6 Å². The number of allylic oxidation sites excluding steroid dienone is 1. The summed E-state index contributed by atoms with van der Waals surface area (Å²) in [6.45, 7) is 12.6. The molecule has 1 fully saturated rings. The van der Waals surface area contributed by atoms with Gasteiger partial charge in [-0.15, -0.1) is 6.58 Å². The summed E-state index contributed by atoms with van der Waals surface area (Å²) in [5.74, 6) is 0.693. The number of likely N-dealkylation sites (N-methyl/N-ethyl adjacent to an activating group) is 1. The summed E-state index contributed by atoms with van der Waals surface area (Å²) in [6.07, 6.45) is 4.85. The van der Waals surface area contributed by atoms with Gasteiger partial charge < -0.3 is 14.5 Å². The fraction of sp³-hybridized carbons (Fsp3) is 0.700. The van der Waals surface area contributed by atoms with Crippen LogP contribution < -0.4 is 0 Å². The van der Waals surface area contributed by atoms with Gasteiger partial charge in [0.25, 0.3) is 5.91 Å². The van der Waals surface area contributed by atoms with Crippen LogP contribution in [0, 0.1) is 5.92 Å². The van der Waals surface area contributed by atoms with Crippen molar-refractivity contribution in [2.75, 3.05) is 39.9 Å². The third kappa shape index (κ3) is 4.01. The Bertz CT molecular complexity index is 646. The van der Waals surface area contributed by atoms with Gasteiger partial charge in [-0.2, -0.15) is 5.10 Å². The molecular weight excluding hydrogens is 328 g/mol. The average Bonchev–Trinajstić information content (AvgIpc) is 2.99.